The van der Waals surface area contributed by atoms with E-state index in [-0.39, 0.29) is 11.8 Å². The molecule has 98 valence electrons. The van der Waals surface area contributed by atoms with Crippen molar-refractivity contribution in [2.45, 2.75) is 6.42 Å². The minimum absolute atomic E-state index is 0.0660. The summed E-state index contributed by atoms with van der Waals surface area (Å²) in [6.45, 7) is 3.39. The molecule has 0 radical (unpaired) electrons. The van der Waals surface area contributed by atoms with Crippen molar-refractivity contribution in [2.24, 2.45) is 0 Å². The van der Waals surface area contributed by atoms with Gasteiger partial charge in [-0.05, 0) is 0 Å². The molecule has 0 unspecified atom stereocenters. The molecule has 1 heterocycles. The molecule has 1 fully saturated rings. The van der Waals surface area contributed by atoms with Gasteiger partial charge < -0.3 is 19.9 Å². The maximum atomic E-state index is 11.7. The number of amides is 2. The van der Waals surface area contributed by atoms with Crippen molar-refractivity contribution < 1.29 is 14.3 Å². The van der Waals surface area contributed by atoms with Crippen LogP contribution in [0.1, 0.15) is 6.42 Å². The van der Waals surface area contributed by atoms with Crippen molar-refractivity contribution in [3.05, 3.63) is 0 Å². The first kappa shape index (κ1) is 13.9. The Kier molecular flexibility index (Phi) is 5.93. The fourth-order valence-electron chi connectivity index (χ4n) is 1.54. The second-order valence-corrected chi connectivity index (χ2v) is 4.21. The van der Waals surface area contributed by atoms with Crippen LogP contribution in [-0.2, 0) is 14.3 Å². The molecule has 1 aliphatic rings. The van der Waals surface area contributed by atoms with E-state index in [2.05, 4.69) is 5.32 Å². The van der Waals surface area contributed by atoms with Gasteiger partial charge in [0.25, 0.3) is 0 Å². The molecule has 0 aromatic rings. The summed E-state index contributed by atoms with van der Waals surface area (Å²) in [5.41, 5.74) is 0. The Balaban J connectivity index is 2.09. The van der Waals surface area contributed by atoms with E-state index in [0.717, 1.165) is 0 Å². The number of nitrogens with one attached hydrogen (secondary N) is 1. The first-order chi connectivity index (χ1) is 8.11. The number of ether oxygens (including phenoxy) is 1. The summed E-state index contributed by atoms with van der Waals surface area (Å²) >= 11 is 0. The Labute approximate surface area is 102 Å². The van der Waals surface area contributed by atoms with E-state index in [1.807, 2.05) is 0 Å². The highest BCUT2D eigenvalue weighted by atomic mass is 16.5. The van der Waals surface area contributed by atoms with Crippen LogP contribution < -0.4 is 5.32 Å². The molecule has 2 amide bonds. The topological polar surface area (TPSA) is 61.9 Å². The number of morpholine rings is 1. The van der Waals surface area contributed by atoms with E-state index in [9.17, 15) is 9.59 Å². The van der Waals surface area contributed by atoms with Crippen molar-refractivity contribution in [1.29, 1.82) is 0 Å². The van der Waals surface area contributed by atoms with E-state index < -0.39 is 0 Å². The lowest BCUT2D eigenvalue weighted by Crippen LogP contribution is -2.45. The van der Waals surface area contributed by atoms with Gasteiger partial charge >= 0.3 is 0 Å². The fraction of sp³-hybridized carbons (Fsp3) is 0.818. The Morgan fingerprint density at radius 1 is 1.29 bits per heavy atom. The number of hydrogen-bond acceptors (Lipinski definition) is 4. The van der Waals surface area contributed by atoms with Crippen molar-refractivity contribution in [3.8, 4) is 0 Å². The van der Waals surface area contributed by atoms with E-state index in [0.29, 0.717) is 45.8 Å². The van der Waals surface area contributed by atoms with Crippen molar-refractivity contribution in [1.82, 2.24) is 15.1 Å². The van der Waals surface area contributed by atoms with Crippen molar-refractivity contribution >= 4 is 11.8 Å². The van der Waals surface area contributed by atoms with E-state index in [1.165, 1.54) is 0 Å². The van der Waals surface area contributed by atoms with Gasteiger partial charge in [0.05, 0.1) is 19.8 Å². The van der Waals surface area contributed by atoms with Crippen LogP contribution in [0.4, 0.5) is 0 Å². The third-order valence-corrected chi connectivity index (χ3v) is 2.65. The van der Waals surface area contributed by atoms with Crippen LogP contribution in [-0.4, -0.2) is 75.1 Å². The van der Waals surface area contributed by atoms with Gasteiger partial charge in [0.2, 0.25) is 11.8 Å². The Hall–Kier alpha value is -1.14. The number of carbonyl (C=O) groups is 2. The molecule has 0 saturated carbocycles. The zero-order valence-electron chi connectivity index (χ0n) is 10.6. The molecule has 0 spiro atoms. The maximum Gasteiger partial charge on any atom is 0.236 e. The highest BCUT2D eigenvalue weighted by Crippen LogP contribution is 1.96. The van der Waals surface area contributed by atoms with Crippen molar-refractivity contribution in [2.75, 3.05) is 53.5 Å². The summed E-state index contributed by atoms with van der Waals surface area (Å²) in [5.74, 6) is 0.141. The zero-order chi connectivity index (χ0) is 12.7. The third-order valence-electron chi connectivity index (χ3n) is 2.65. The second kappa shape index (κ2) is 7.24. The normalized spacial score (nSPS) is 15.8. The predicted octanol–water partition coefficient (Wildman–Crippen LogP) is -1.09. The maximum absolute atomic E-state index is 11.7. The van der Waals surface area contributed by atoms with E-state index in [1.54, 1.807) is 23.9 Å². The van der Waals surface area contributed by atoms with Gasteiger partial charge in [-0.25, -0.2) is 0 Å². The lowest BCUT2D eigenvalue weighted by atomic mass is 10.3. The summed E-state index contributed by atoms with van der Waals surface area (Å²) in [7, 11) is 3.45. The lowest BCUT2D eigenvalue weighted by molar-refractivity contribution is -0.134. The molecule has 1 saturated heterocycles. The predicted molar refractivity (Wildman–Crippen MR) is 63.6 cm³/mol. The molecular formula is C11H21N3O3. The molecule has 17 heavy (non-hydrogen) atoms. The summed E-state index contributed by atoms with van der Waals surface area (Å²) in [5, 5.41) is 2.99. The molecule has 0 bridgehead atoms. The number of nitrogens with zero attached hydrogens (tertiary/aromatic N) is 2. The van der Waals surface area contributed by atoms with Crippen LogP contribution in [0, 0.1) is 0 Å². The minimum Gasteiger partial charge on any atom is -0.378 e. The molecule has 6 nitrogen and oxygen atoms in total. The Bertz CT molecular complexity index is 263. The zero-order valence-corrected chi connectivity index (χ0v) is 10.6. The van der Waals surface area contributed by atoms with Crippen LogP contribution >= 0.6 is 0 Å². The highest BCUT2D eigenvalue weighted by molar-refractivity contribution is 5.78. The SMILES string of the molecule is CN(C)C(=O)CCNCC(=O)N1CCOCC1. The van der Waals surface area contributed by atoms with Gasteiger partial charge in [-0.15, -0.1) is 0 Å². The second-order valence-electron chi connectivity index (χ2n) is 4.21. The van der Waals surface area contributed by atoms with Crippen LogP contribution in [0.25, 0.3) is 0 Å². The average molecular weight is 243 g/mol. The molecule has 1 rings (SSSR count). The van der Waals surface area contributed by atoms with Gasteiger partial charge in [0, 0.05) is 40.2 Å². The van der Waals surface area contributed by atoms with Gasteiger partial charge in [-0.3, -0.25) is 9.59 Å². The molecule has 1 N–H and O–H groups in total. The molecule has 0 aromatic carbocycles. The molecule has 6 heteroatoms. The Morgan fingerprint density at radius 2 is 1.94 bits per heavy atom. The van der Waals surface area contributed by atoms with E-state index >= 15 is 0 Å². The third kappa shape index (κ3) is 5.14. The van der Waals surface area contributed by atoms with Gasteiger partial charge in [0.1, 0.15) is 0 Å². The molecular weight excluding hydrogens is 222 g/mol. The largest absolute Gasteiger partial charge is 0.378 e. The van der Waals surface area contributed by atoms with Gasteiger partial charge in [-0.1, -0.05) is 0 Å². The monoisotopic (exact) mass is 243 g/mol. The summed E-state index contributed by atoms with van der Waals surface area (Å²) in [6, 6.07) is 0. The van der Waals surface area contributed by atoms with Gasteiger partial charge in [0.15, 0.2) is 0 Å². The fourth-order valence-corrected chi connectivity index (χ4v) is 1.54. The average Bonchev–Trinajstić information content (AvgIpc) is 2.35. The minimum atomic E-state index is 0.0660. The summed E-state index contributed by atoms with van der Waals surface area (Å²) in [4.78, 5) is 26.3. The highest BCUT2D eigenvalue weighted by Gasteiger charge is 2.15. The lowest BCUT2D eigenvalue weighted by Gasteiger charge is -2.26. The molecule has 0 atom stereocenters. The molecule has 0 aromatic heterocycles. The van der Waals surface area contributed by atoms with Crippen LogP contribution in [0.3, 0.4) is 0 Å². The van der Waals surface area contributed by atoms with Crippen LogP contribution in [0.2, 0.25) is 0 Å². The standard InChI is InChI=1S/C11H21N3O3/c1-13(2)10(15)3-4-12-9-11(16)14-5-7-17-8-6-14/h12H,3-9H2,1-2H3. The van der Waals surface area contributed by atoms with Crippen LogP contribution in [0.5, 0.6) is 0 Å². The Morgan fingerprint density at radius 3 is 2.53 bits per heavy atom. The molecule has 1 aliphatic heterocycles. The number of carbonyl (C=O) groups excluding carboxylic acids is 2. The molecule has 0 aliphatic carbocycles. The number of rotatable bonds is 5. The summed E-state index contributed by atoms with van der Waals surface area (Å²) < 4.78 is 5.17. The van der Waals surface area contributed by atoms with Crippen LogP contribution in [0.15, 0.2) is 0 Å². The first-order valence-corrected chi connectivity index (χ1v) is 5.87. The summed E-state index contributed by atoms with van der Waals surface area (Å²) in [6.07, 6.45) is 0.420. The van der Waals surface area contributed by atoms with Gasteiger partial charge in [-0.2, -0.15) is 0 Å². The smallest absolute Gasteiger partial charge is 0.236 e. The quantitative estimate of drug-likeness (QED) is 0.624. The van der Waals surface area contributed by atoms with E-state index in [4.69, 9.17) is 4.74 Å². The number of hydrogen-bond donors (Lipinski definition) is 1. The van der Waals surface area contributed by atoms with Crippen molar-refractivity contribution in [3.63, 3.8) is 0 Å². The first-order valence-electron chi connectivity index (χ1n) is 5.87.